The van der Waals surface area contributed by atoms with Crippen molar-refractivity contribution in [1.82, 2.24) is 45.6 Å². The molecule has 4 aromatic heterocycles. The number of hydrogen-bond acceptors (Lipinski definition) is 14. The standard InChI is InChI=1S/C60H72N12O9S/c1-8-60(81-28-27-71(7)58(79)80-33-38-16-20-41(21-17-38)66-53(74)48(14-11-26-64-56(61)78)68-54(75)50(62-6)36(2)3)25-12-24-59(5,34-60)35-72-37(4)44(32-65-72)42-22-23-46(67-51(42)55(76)77)39-18-19-40-30-63-31-45(43(40)29-39)52(73)70-57-69-47-13-9-10-15-49(47)82-57/h9-10,13,15-23,29-32,36,48,50,62H,8,11-12,14,24-28,33-35H2,1-7H3,(H,66,74)(H,68,75)(H,76,77)(H3,61,64,78)(H,69,70,73)/t48-,50-,59?,60?/m0/s1. The Morgan fingerprint density at radius 3 is 2.43 bits per heavy atom. The van der Waals surface area contributed by atoms with Crippen LogP contribution in [0.1, 0.15) is 105 Å². The highest BCUT2D eigenvalue weighted by atomic mass is 32.1. The van der Waals surface area contributed by atoms with E-state index in [4.69, 9.17) is 20.3 Å². The number of benzene rings is 3. The predicted octanol–water partition coefficient (Wildman–Crippen LogP) is 9.16. The second-order valence-electron chi connectivity index (χ2n) is 21.7. The molecule has 432 valence electrons. The number of amides is 6. The van der Waals surface area contributed by atoms with Crippen LogP contribution >= 0.6 is 11.3 Å². The van der Waals surface area contributed by atoms with E-state index in [1.165, 1.54) is 22.4 Å². The van der Waals surface area contributed by atoms with Crippen molar-refractivity contribution < 1.29 is 43.3 Å². The van der Waals surface area contributed by atoms with Crippen LogP contribution in [0.5, 0.6) is 0 Å². The van der Waals surface area contributed by atoms with Gasteiger partial charge in [0, 0.05) is 72.5 Å². The number of primary amides is 1. The van der Waals surface area contributed by atoms with Gasteiger partial charge < -0.3 is 46.5 Å². The van der Waals surface area contributed by atoms with Gasteiger partial charge in [-0.1, -0.05) is 75.4 Å². The maximum absolute atomic E-state index is 13.6. The van der Waals surface area contributed by atoms with Crippen molar-refractivity contribution in [2.45, 2.75) is 110 Å². The second kappa shape index (κ2) is 26.5. The van der Waals surface area contributed by atoms with E-state index < -0.39 is 41.7 Å². The summed E-state index contributed by atoms with van der Waals surface area (Å²) in [6.45, 7) is 11.5. The minimum absolute atomic E-state index is 0.00368. The number of fused-ring (bicyclic) bond motifs is 2. The van der Waals surface area contributed by atoms with Crippen molar-refractivity contribution in [3.63, 3.8) is 0 Å². The number of urea groups is 1. The van der Waals surface area contributed by atoms with E-state index >= 15 is 0 Å². The van der Waals surface area contributed by atoms with Crippen LogP contribution in [0.2, 0.25) is 0 Å². The first-order chi connectivity index (χ1) is 39.3. The number of hydrogen-bond donors (Lipinski definition) is 7. The third-order valence-corrected chi connectivity index (χ3v) is 16.2. The summed E-state index contributed by atoms with van der Waals surface area (Å²) in [5, 5.41) is 31.3. The highest BCUT2D eigenvalue weighted by molar-refractivity contribution is 7.22. The van der Waals surface area contributed by atoms with Crippen LogP contribution in [0, 0.1) is 18.3 Å². The fraction of sp³-hybridized carbons (Fsp3) is 0.400. The molecule has 0 saturated heterocycles. The third kappa shape index (κ3) is 14.6. The molecule has 0 spiro atoms. The number of aromatic nitrogens is 5. The number of pyridine rings is 2. The van der Waals surface area contributed by atoms with E-state index in [2.05, 4.69) is 55.4 Å². The Bertz CT molecular complexity index is 3420. The molecular formula is C60H72N12O9S. The van der Waals surface area contributed by atoms with Gasteiger partial charge in [0.15, 0.2) is 10.8 Å². The van der Waals surface area contributed by atoms with Gasteiger partial charge in [-0.2, -0.15) is 5.10 Å². The van der Waals surface area contributed by atoms with E-state index in [0.29, 0.717) is 75.8 Å². The summed E-state index contributed by atoms with van der Waals surface area (Å²) in [5.74, 6) is -2.31. The fourth-order valence-corrected chi connectivity index (χ4v) is 11.6. The molecule has 1 saturated carbocycles. The molecule has 3 aromatic carbocycles. The van der Waals surface area contributed by atoms with E-state index in [9.17, 15) is 33.9 Å². The number of rotatable bonds is 24. The van der Waals surface area contributed by atoms with Crippen molar-refractivity contribution >= 4 is 79.0 Å². The Kier molecular flexibility index (Phi) is 19.3. The second-order valence-corrected chi connectivity index (χ2v) is 22.7. The fourth-order valence-electron chi connectivity index (χ4n) is 10.8. The quantitative estimate of drug-likeness (QED) is 0.0278. The maximum atomic E-state index is 13.6. The molecular weight excluding hydrogens is 1060 g/mol. The Morgan fingerprint density at radius 1 is 0.927 bits per heavy atom. The van der Waals surface area contributed by atoms with Crippen LogP contribution < -0.4 is 32.3 Å². The lowest BCUT2D eigenvalue weighted by atomic mass is 9.67. The normalized spacial score (nSPS) is 16.8. The summed E-state index contributed by atoms with van der Waals surface area (Å²) in [6, 6.07) is 21.5. The van der Waals surface area contributed by atoms with Gasteiger partial charge in [-0.3, -0.25) is 29.4 Å². The molecule has 0 bridgehead atoms. The number of anilines is 2. The van der Waals surface area contributed by atoms with Crippen molar-refractivity contribution in [3.8, 4) is 22.4 Å². The van der Waals surface area contributed by atoms with E-state index in [1.807, 2.05) is 67.9 Å². The molecule has 22 heteroatoms. The topological polar surface area (TPSA) is 287 Å². The van der Waals surface area contributed by atoms with E-state index in [-0.39, 0.29) is 48.4 Å². The Labute approximate surface area is 480 Å². The molecule has 7 aromatic rings. The number of nitrogens with two attached hydrogens (primary N) is 1. The van der Waals surface area contributed by atoms with Crippen molar-refractivity contribution in [2.75, 3.05) is 44.4 Å². The van der Waals surface area contributed by atoms with Crippen LogP contribution in [-0.2, 0) is 32.2 Å². The van der Waals surface area contributed by atoms with Crippen LogP contribution in [-0.4, -0.2) is 122 Å². The minimum atomic E-state index is -1.19. The van der Waals surface area contributed by atoms with Gasteiger partial charge in [0.25, 0.3) is 5.91 Å². The minimum Gasteiger partial charge on any atom is -0.476 e. The van der Waals surface area contributed by atoms with Crippen LogP contribution in [0.4, 0.5) is 20.4 Å². The smallest absolute Gasteiger partial charge is 0.409 e. The number of thiazole rings is 1. The zero-order valence-corrected chi connectivity index (χ0v) is 48.2. The molecule has 0 radical (unpaired) electrons. The van der Waals surface area contributed by atoms with E-state index in [0.717, 1.165) is 53.4 Å². The lowest BCUT2D eigenvalue weighted by molar-refractivity contribution is -0.128. The number of carbonyl (C=O) groups is 6. The zero-order valence-electron chi connectivity index (χ0n) is 47.3. The monoisotopic (exact) mass is 1140 g/mol. The number of nitrogens with one attached hydrogen (secondary N) is 5. The number of nitrogens with zero attached hydrogens (tertiary/aromatic N) is 6. The molecule has 8 rings (SSSR count). The van der Waals surface area contributed by atoms with Gasteiger partial charge >= 0.3 is 18.1 Å². The highest BCUT2D eigenvalue weighted by Gasteiger charge is 2.43. The van der Waals surface area contributed by atoms with E-state index in [1.54, 1.807) is 62.9 Å². The van der Waals surface area contributed by atoms with Gasteiger partial charge in [0.2, 0.25) is 11.8 Å². The predicted molar refractivity (Wildman–Crippen MR) is 315 cm³/mol. The lowest BCUT2D eigenvalue weighted by Gasteiger charge is -2.46. The summed E-state index contributed by atoms with van der Waals surface area (Å²) in [6.07, 6.45) is 9.25. The summed E-state index contributed by atoms with van der Waals surface area (Å²) in [4.78, 5) is 92.3. The number of para-hydroxylation sites is 1. The Hall–Kier alpha value is -8.34. The SMILES string of the molecule is CCC1(OCCN(C)C(=O)OCc2ccc(NC(=O)[C@H](CCCNC(N)=O)NC(=O)[C@@H](NC)C(C)C)cc2)CCCC(C)(Cn2ncc(-c3ccc(-c4ccc5cncc(C(=O)Nc6nc7ccccc7s6)c5c4)nc3C(=O)O)c2C)C1. The molecule has 1 aliphatic carbocycles. The summed E-state index contributed by atoms with van der Waals surface area (Å²) < 4.78 is 15.2. The number of carboxylic acids is 1. The lowest BCUT2D eigenvalue weighted by Crippen LogP contribution is -2.52. The molecule has 21 nitrogen and oxygen atoms in total. The summed E-state index contributed by atoms with van der Waals surface area (Å²) in [7, 11) is 3.35. The van der Waals surface area contributed by atoms with Crippen LogP contribution in [0.15, 0.2) is 97.5 Å². The number of likely N-dealkylation sites (N-methyl/N-ethyl adjacent to an activating group) is 2. The van der Waals surface area contributed by atoms with Gasteiger partial charge in [-0.05, 0) is 124 Å². The Morgan fingerprint density at radius 2 is 1.71 bits per heavy atom. The van der Waals surface area contributed by atoms with Crippen molar-refractivity contribution in [3.05, 3.63) is 120 Å². The number of aromatic carboxylic acids is 1. The third-order valence-electron chi connectivity index (χ3n) is 15.2. The number of carboxylic acid groups (broad SMARTS) is 1. The maximum Gasteiger partial charge on any atom is 0.409 e. The molecule has 82 heavy (non-hydrogen) atoms. The first-order valence-electron chi connectivity index (χ1n) is 27.5. The van der Waals surface area contributed by atoms with Gasteiger partial charge in [-0.25, -0.2) is 24.4 Å². The average molecular weight is 1140 g/mol. The van der Waals surface area contributed by atoms with Crippen LogP contribution in [0.3, 0.4) is 0 Å². The summed E-state index contributed by atoms with van der Waals surface area (Å²) >= 11 is 1.38. The van der Waals surface area contributed by atoms with Gasteiger partial charge in [-0.15, -0.1) is 0 Å². The van der Waals surface area contributed by atoms with Crippen molar-refractivity contribution in [1.29, 1.82) is 0 Å². The molecule has 1 fully saturated rings. The average Bonchev–Trinajstić information content (AvgIpc) is 4.14. The van der Waals surface area contributed by atoms with Crippen LogP contribution in [0.25, 0.3) is 43.4 Å². The van der Waals surface area contributed by atoms with Gasteiger partial charge in [0.05, 0.1) is 45.9 Å². The highest BCUT2D eigenvalue weighted by Crippen LogP contribution is 2.46. The first-order valence-corrected chi connectivity index (χ1v) is 28.3. The molecule has 4 atom stereocenters. The summed E-state index contributed by atoms with van der Waals surface area (Å²) in [5.41, 5.74) is 9.67. The Balaban J connectivity index is 0.847. The number of carbonyl (C=O) groups excluding carboxylic acids is 5. The molecule has 8 N–H and O–H groups in total. The van der Waals surface area contributed by atoms with Gasteiger partial charge in [0.1, 0.15) is 12.6 Å². The first kappa shape index (κ1) is 59.8. The largest absolute Gasteiger partial charge is 0.476 e. The molecule has 2 unspecified atom stereocenters. The van der Waals surface area contributed by atoms with Crippen molar-refractivity contribution in [2.24, 2.45) is 17.1 Å². The number of ether oxygens (including phenoxy) is 2. The molecule has 1 aliphatic rings. The molecule has 4 heterocycles. The zero-order chi connectivity index (χ0) is 58.7. The molecule has 6 amide bonds. The molecule has 0 aliphatic heterocycles.